The van der Waals surface area contributed by atoms with Gasteiger partial charge in [-0.3, -0.25) is 4.79 Å². The summed E-state index contributed by atoms with van der Waals surface area (Å²) in [6, 6.07) is 5.63. The van der Waals surface area contributed by atoms with E-state index in [0.717, 1.165) is 29.9 Å². The van der Waals surface area contributed by atoms with Crippen LogP contribution in [0.5, 0.6) is 11.5 Å². The average molecular weight is 308 g/mol. The Balaban J connectivity index is 1.84. The Kier molecular flexibility index (Phi) is 6.03. The summed E-state index contributed by atoms with van der Waals surface area (Å²) < 4.78 is 16.1. The molecular formula is C16H24N2O4. The van der Waals surface area contributed by atoms with Crippen LogP contribution in [0, 0.1) is 0 Å². The molecule has 2 atom stereocenters. The van der Waals surface area contributed by atoms with Crippen molar-refractivity contribution < 1.29 is 19.0 Å². The predicted molar refractivity (Wildman–Crippen MR) is 83.2 cm³/mol. The van der Waals surface area contributed by atoms with Crippen LogP contribution in [0.25, 0.3) is 0 Å². The molecule has 122 valence electrons. The third-order valence-corrected chi connectivity index (χ3v) is 3.84. The normalized spacial score (nSPS) is 20.7. The van der Waals surface area contributed by atoms with E-state index in [0.29, 0.717) is 19.5 Å². The van der Waals surface area contributed by atoms with E-state index in [-0.39, 0.29) is 18.1 Å². The third kappa shape index (κ3) is 4.11. The van der Waals surface area contributed by atoms with E-state index in [9.17, 15) is 4.79 Å². The fourth-order valence-electron chi connectivity index (χ4n) is 2.58. The zero-order chi connectivity index (χ0) is 15.9. The molecule has 0 bridgehead atoms. The fourth-order valence-corrected chi connectivity index (χ4v) is 2.58. The van der Waals surface area contributed by atoms with Crippen molar-refractivity contribution in [2.75, 3.05) is 27.3 Å². The highest BCUT2D eigenvalue weighted by Gasteiger charge is 2.29. The number of hydrogen-bond acceptors (Lipinski definition) is 5. The van der Waals surface area contributed by atoms with Gasteiger partial charge in [0.2, 0.25) is 5.91 Å². The largest absolute Gasteiger partial charge is 0.497 e. The van der Waals surface area contributed by atoms with E-state index in [1.165, 1.54) is 0 Å². The highest BCUT2D eigenvalue weighted by atomic mass is 16.5. The Hall–Kier alpha value is -1.79. The van der Waals surface area contributed by atoms with Gasteiger partial charge >= 0.3 is 0 Å². The fraction of sp³-hybridized carbons (Fsp3) is 0.562. The van der Waals surface area contributed by atoms with Crippen LogP contribution in [0.15, 0.2) is 18.2 Å². The van der Waals surface area contributed by atoms with Crippen molar-refractivity contribution in [2.24, 2.45) is 5.73 Å². The molecular weight excluding hydrogens is 284 g/mol. The minimum absolute atomic E-state index is 0.00854. The number of hydrogen-bond donors (Lipinski definition) is 2. The molecule has 0 aromatic heterocycles. The smallest absolute Gasteiger partial charge is 0.249 e. The van der Waals surface area contributed by atoms with Crippen LogP contribution in [0.1, 0.15) is 18.4 Å². The molecule has 1 heterocycles. The first-order valence-corrected chi connectivity index (χ1v) is 7.52. The molecule has 1 amide bonds. The van der Waals surface area contributed by atoms with Crippen molar-refractivity contribution in [1.82, 2.24) is 5.32 Å². The summed E-state index contributed by atoms with van der Waals surface area (Å²) in [5.41, 5.74) is 6.54. The van der Waals surface area contributed by atoms with Crippen LogP contribution in [0.4, 0.5) is 0 Å². The van der Waals surface area contributed by atoms with Gasteiger partial charge in [-0.1, -0.05) is 0 Å². The van der Waals surface area contributed by atoms with Crippen molar-refractivity contribution in [3.05, 3.63) is 23.8 Å². The lowest BCUT2D eigenvalue weighted by molar-refractivity contribution is -0.131. The van der Waals surface area contributed by atoms with Gasteiger partial charge in [0, 0.05) is 13.1 Å². The molecule has 0 unspecified atom stereocenters. The zero-order valence-corrected chi connectivity index (χ0v) is 13.1. The van der Waals surface area contributed by atoms with Crippen molar-refractivity contribution in [3.63, 3.8) is 0 Å². The topological polar surface area (TPSA) is 82.8 Å². The monoisotopic (exact) mass is 308 g/mol. The maximum atomic E-state index is 12.0. The lowest BCUT2D eigenvalue weighted by atomic mass is 10.1. The summed E-state index contributed by atoms with van der Waals surface area (Å²) in [6.45, 7) is 0.986. The highest BCUT2D eigenvalue weighted by Crippen LogP contribution is 2.24. The maximum Gasteiger partial charge on any atom is 0.249 e. The molecule has 1 fully saturated rings. The molecule has 2 rings (SSSR count). The summed E-state index contributed by atoms with van der Waals surface area (Å²) in [7, 11) is 3.25. The second-order valence-corrected chi connectivity index (χ2v) is 5.28. The van der Waals surface area contributed by atoms with E-state index < -0.39 is 0 Å². The van der Waals surface area contributed by atoms with E-state index in [1.54, 1.807) is 14.2 Å². The molecule has 1 aliphatic heterocycles. The first kappa shape index (κ1) is 16.6. The summed E-state index contributed by atoms with van der Waals surface area (Å²) in [4.78, 5) is 12.0. The second-order valence-electron chi connectivity index (χ2n) is 5.28. The summed E-state index contributed by atoms with van der Waals surface area (Å²) in [5, 5.41) is 2.91. The van der Waals surface area contributed by atoms with E-state index in [4.69, 9.17) is 19.9 Å². The Morgan fingerprint density at radius 1 is 1.36 bits per heavy atom. The van der Waals surface area contributed by atoms with Gasteiger partial charge < -0.3 is 25.3 Å². The number of carbonyl (C=O) groups is 1. The average Bonchev–Trinajstić information content (AvgIpc) is 3.03. The van der Waals surface area contributed by atoms with Crippen molar-refractivity contribution in [3.8, 4) is 11.5 Å². The molecule has 6 heteroatoms. The third-order valence-electron chi connectivity index (χ3n) is 3.84. The molecule has 0 radical (unpaired) electrons. The first-order chi connectivity index (χ1) is 10.7. The van der Waals surface area contributed by atoms with Crippen molar-refractivity contribution in [2.45, 2.75) is 31.5 Å². The molecule has 1 aromatic carbocycles. The number of methoxy groups -OCH3 is 2. The Labute approximate surface area is 130 Å². The second kappa shape index (κ2) is 8.00. The van der Waals surface area contributed by atoms with Gasteiger partial charge in [0.05, 0.1) is 20.3 Å². The number of ether oxygens (including phenoxy) is 3. The van der Waals surface area contributed by atoms with Crippen LogP contribution in [0.2, 0.25) is 0 Å². The molecule has 1 aromatic rings. The lowest BCUT2D eigenvalue weighted by Gasteiger charge is -2.14. The molecule has 0 spiro atoms. The summed E-state index contributed by atoms with van der Waals surface area (Å²) >= 11 is 0. The first-order valence-electron chi connectivity index (χ1n) is 7.52. The molecule has 3 N–H and O–H groups in total. The maximum absolute atomic E-state index is 12.0. The van der Waals surface area contributed by atoms with Gasteiger partial charge in [0.15, 0.2) is 0 Å². The predicted octanol–water partition coefficient (Wildman–Crippen LogP) is 0.869. The Morgan fingerprint density at radius 2 is 2.18 bits per heavy atom. The van der Waals surface area contributed by atoms with Gasteiger partial charge in [-0.2, -0.15) is 0 Å². The quantitative estimate of drug-likeness (QED) is 0.781. The van der Waals surface area contributed by atoms with Crippen LogP contribution in [-0.2, 0) is 16.0 Å². The van der Waals surface area contributed by atoms with Crippen LogP contribution >= 0.6 is 0 Å². The van der Waals surface area contributed by atoms with E-state index in [2.05, 4.69) is 5.32 Å². The van der Waals surface area contributed by atoms with E-state index in [1.807, 2.05) is 18.2 Å². The zero-order valence-electron chi connectivity index (χ0n) is 13.1. The van der Waals surface area contributed by atoms with Crippen molar-refractivity contribution in [1.29, 1.82) is 0 Å². The summed E-state index contributed by atoms with van der Waals surface area (Å²) in [5.74, 6) is 1.49. The molecule has 1 aliphatic rings. The molecule has 6 nitrogen and oxygen atoms in total. The summed E-state index contributed by atoms with van der Waals surface area (Å²) in [6.07, 6.45) is 1.88. The van der Waals surface area contributed by atoms with Gasteiger partial charge in [0.25, 0.3) is 0 Å². The molecule has 22 heavy (non-hydrogen) atoms. The standard InChI is InChI=1S/C16H24N2O4/c1-20-12-3-5-14(21-2)11(9-12)7-8-18-16(19)15-6-4-13(10-17)22-15/h3,5,9,13,15H,4,6-8,10,17H2,1-2H3,(H,18,19)/t13-,15+/m1/s1. The number of benzene rings is 1. The van der Waals surface area contributed by atoms with Crippen LogP contribution in [-0.4, -0.2) is 45.4 Å². The Morgan fingerprint density at radius 3 is 2.82 bits per heavy atom. The SMILES string of the molecule is COc1ccc(OC)c(CCNC(=O)[C@@H]2CC[C@H](CN)O2)c1. The molecule has 0 saturated carbocycles. The Bertz CT molecular complexity index is 507. The number of nitrogens with one attached hydrogen (secondary N) is 1. The van der Waals surface area contributed by atoms with Crippen LogP contribution in [0.3, 0.4) is 0 Å². The van der Waals surface area contributed by atoms with Gasteiger partial charge in [-0.25, -0.2) is 0 Å². The number of nitrogens with two attached hydrogens (primary N) is 1. The van der Waals surface area contributed by atoms with Gasteiger partial charge in [-0.05, 0) is 43.0 Å². The van der Waals surface area contributed by atoms with Crippen LogP contribution < -0.4 is 20.5 Å². The lowest BCUT2D eigenvalue weighted by Crippen LogP contribution is -2.36. The van der Waals surface area contributed by atoms with Gasteiger partial charge in [-0.15, -0.1) is 0 Å². The minimum Gasteiger partial charge on any atom is -0.497 e. The highest BCUT2D eigenvalue weighted by molar-refractivity contribution is 5.81. The number of carbonyl (C=O) groups excluding carboxylic acids is 1. The number of rotatable bonds is 7. The molecule has 0 aliphatic carbocycles. The molecule has 1 saturated heterocycles. The van der Waals surface area contributed by atoms with E-state index >= 15 is 0 Å². The minimum atomic E-state index is -0.374. The van der Waals surface area contributed by atoms with Crippen molar-refractivity contribution >= 4 is 5.91 Å². The van der Waals surface area contributed by atoms with Gasteiger partial charge in [0.1, 0.15) is 17.6 Å². The number of amides is 1.